The fraction of sp³-hybridized carbons (Fsp3) is 0.455. The third kappa shape index (κ3) is 2.66. The predicted octanol–water partition coefficient (Wildman–Crippen LogP) is 2.64. The third-order valence-electron chi connectivity index (χ3n) is 2.39. The molecule has 1 atom stereocenters. The Morgan fingerprint density at radius 2 is 1.78 bits per heavy atom. The summed E-state index contributed by atoms with van der Waals surface area (Å²) in [5.74, 6) is -4.54. The first-order chi connectivity index (χ1) is 8.34. The molecule has 0 saturated carbocycles. The maximum atomic E-state index is 13.1. The van der Waals surface area contributed by atoms with Crippen LogP contribution >= 0.6 is 0 Å². The van der Waals surface area contributed by atoms with Gasteiger partial charge in [-0.05, 0) is 18.2 Å². The van der Waals surface area contributed by atoms with E-state index in [4.69, 9.17) is 9.47 Å². The smallest absolute Gasteiger partial charge is 0.336 e. The first-order valence-electron chi connectivity index (χ1n) is 4.90. The maximum absolute atomic E-state index is 13.1. The van der Waals surface area contributed by atoms with Crippen LogP contribution in [0.2, 0.25) is 0 Å². The van der Waals surface area contributed by atoms with Crippen LogP contribution in [0, 0.1) is 0 Å². The van der Waals surface area contributed by atoms with E-state index < -0.39 is 24.0 Å². The molecule has 0 spiro atoms. The molecule has 0 saturated heterocycles. The average molecular weight is 268 g/mol. The van der Waals surface area contributed by atoms with Crippen LogP contribution in [0.4, 0.5) is 17.6 Å². The van der Waals surface area contributed by atoms with E-state index in [-0.39, 0.29) is 11.5 Å². The summed E-state index contributed by atoms with van der Waals surface area (Å²) >= 11 is 0. The second-order valence-corrected chi connectivity index (χ2v) is 3.49. The lowest BCUT2D eigenvalue weighted by Gasteiger charge is -2.23. The Bertz CT molecular complexity index is 409. The average Bonchev–Trinajstić information content (AvgIpc) is 2.36. The number of rotatable bonds is 5. The Balaban J connectivity index is 3.21. The van der Waals surface area contributed by atoms with Crippen LogP contribution in [-0.4, -0.2) is 31.7 Å². The van der Waals surface area contributed by atoms with Gasteiger partial charge in [-0.3, -0.25) is 0 Å². The number of hydrogen-bond acceptors (Lipinski definition) is 3. The molecule has 1 rings (SSSR count). The molecule has 1 aromatic rings. The Hall–Kier alpha value is -1.50. The molecule has 0 fully saturated rings. The van der Waals surface area contributed by atoms with Gasteiger partial charge in [-0.15, -0.1) is 0 Å². The number of ether oxygens (including phenoxy) is 2. The molecule has 0 heterocycles. The zero-order chi connectivity index (χ0) is 13.9. The number of aliphatic hydroxyl groups excluding tert-OH is 1. The number of methoxy groups -OCH3 is 2. The van der Waals surface area contributed by atoms with Gasteiger partial charge in [0, 0.05) is 5.56 Å². The van der Waals surface area contributed by atoms with Gasteiger partial charge >= 0.3 is 12.3 Å². The molecule has 0 bridgehead atoms. The summed E-state index contributed by atoms with van der Waals surface area (Å²) in [6.07, 6.45) is -6.66. The SMILES string of the molecule is COc1ccc(OC)c(C(O)C(F)(F)C(F)F)c1. The van der Waals surface area contributed by atoms with E-state index in [9.17, 15) is 22.7 Å². The molecule has 0 aromatic heterocycles. The third-order valence-corrected chi connectivity index (χ3v) is 2.39. The van der Waals surface area contributed by atoms with E-state index in [0.717, 1.165) is 6.07 Å². The van der Waals surface area contributed by atoms with Crippen molar-refractivity contribution >= 4 is 0 Å². The van der Waals surface area contributed by atoms with Crippen LogP contribution in [0.15, 0.2) is 18.2 Å². The number of halogens is 4. The van der Waals surface area contributed by atoms with Gasteiger partial charge in [0.2, 0.25) is 0 Å². The number of hydrogen-bond donors (Lipinski definition) is 1. The first kappa shape index (κ1) is 14.6. The number of alkyl halides is 4. The molecule has 18 heavy (non-hydrogen) atoms. The maximum Gasteiger partial charge on any atom is 0.336 e. The molecule has 0 amide bonds. The summed E-state index contributed by atoms with van der Waals surface area (Å²) in [5, 5.41) is 9.39. The van der Waals surface area contributed by atoms with Gasteiger partial charge in [0.1, 0.15) is 11.5 Å². The van der Waals surface area contributed by atoms with Gasteiger partial charge in [-0.1, -0.05) is 0 Å². The molecule has 0 aliphatic heterocycles. The highest BCUT2D eigenvalue weighted by Crippen LogP contribution is 2.41. The van der Waals surface area contributed by atoms with Crippen molar-refractivity contribution in [1.82, 2.24) is 0 Å². The molecule has 0 aliphatic rings. The predicted molar refractivity (Wildman–Crippen MR) is 55.5 cm³/mol. The molecule has 3 nitrogen and oxygen atoms in total. The van der Waals surface area contributed by atoms with Gasteiger partial charge in [0.05, 0.1) is 14.2 Å². The topological polar surface area (TPSA) is 38.7 Å². The van der Waals surface area contributed by atoms with Crippen LogP contribution < -0.4 is 9.47 Å². The lowest BCUT2D eigenvalue weighted by atomic mass is 10.0. The zero-order valence-electron chi connectivity index (χ0n) is 9.66. The summed E-state index contributed by atoms with van der Waals surface area (Å²) in [4.78, 5) is 0. The van der Waals surface area contributed by atoms with Crippen molar-refractivity contribution in [3.05, 3.63) is 23.8 Å². The molecular weight excluding hydrogens is 256 g/mol. The minimum absolute atomic E-state index is 0.122. The van der Waals surface area contributed by atoms with Gasteiger partial charge < -0.3 is 14.6 Å². The largest absolute Gasteiger partial charge is 0.497 e. The van der Waals surface area contributed by atoms with E-state index in [2.05, 4.69) is 0 Å². The monoisotopic (exact) mass is 268 g/mol. The second kappa shape index (κ2) is 5.43. The van der Waals surface area contributed by atoms with E-state index in [1.807, 2.05) is 0 Å². The minimum Gasteiger partial charge on any atom is -0.497 e. The van der Waals surface area contributed by atoms with Crippen LogP contribution in [0.25, 0.3) is 0 Å². The van der Waals surface area contributed by atoms with Gasteiger partial charge in [0.25, 0.3) is 0 Å². The minimum atomic E-state index is -4.57. The van der Waals surface area contributed by atoms with E-state index in [1.165, 1.54) is 26.4 Å². The Morgan fingerprint density at radius 3 is 2.22 bits per heavy atom. The van der Waals surface area contributed by atoms with Gasteiger partial charge in [-0.25, -0.2) is 8.78 Å². The van der Waals surface area contributed by atoms with Crippen molar-refractivity contribution in [3.8, 4) is 11.5 Å². The molecule has 0 aliphatic carbocycles. The number of benzene rings is 1. The fourth-order valence-electron chi connectivity index (χ4n) is 1.38. The van der Waals surface area contributed by atoms with Crippen molar-refractivity contribution in [2.75, 3.05) is 14.2 Å². The quantitative estimate of drug-likeness (QED) is 0.834. The normalized spacial score (nSPS) is 13.6. The number of aliphatic hydroxyl groups is 1. The highest BCUT2D eigenvalue weighted by molar-refractivity contribution is 5.42. The summed E-state index contributed by atoms with van der Waals surface area (Å²) in [5.41, 5.74) is -0.456. The Kier molecular flexibility index (Phi) is 4.39. The van der Waals surface area contributed by atoms with Crippen LogP contribution in [0.5, 0.6) is 11.5 Å². The first-order valence-corrected chi connectivity index (χ1v) is 4.90. The molecular formula is C11H12F4O3. The summed E-state index contributed by atoms with van der Waals surface area (Å²) in [6, 6.07) is 3.67. The molecule has 102 valence electrons. The standard InChI is InChI=1S/C11H12F4O3/c1-17-6-3-4-8(18-2)7(5-6)9(16)11(14,15)10(12)13/h3-5,9-10,16H,1-2H3. The lowest BCUT2D eigenvalue weighted by Crippen LogP contribution is -2.34. The zero-order valence-corrected chi connectivity index (χ0v) is 9.66. The second-order valence-electron chi connectivity index (χ2n) is 3.49. The molecule has 0 radical (unpaired) electrons. The van der Waals surface area contributed by atoms with Crippen molar-refractivity contribution in [2.24, 2.45) is 0 Å². The Morgan fingerprint density at radius 1 is 1.17 bits per heavy atom. The van der Waals surface area contributed by atoms with Crippen LogP contribution in [0.1, 0.15) is 11.7 Å². The molecule has 1 aromatic carbocycles. The van der Waals surface area contributed by atoms with E-state index in [0.29, 0.717) is 0 Å². The van der Waals surface area contributed by atoms with E-state index >= 15 is 0 Å². The molecule has 7 heteroatoms. The van der Waals surface area contributed by atoms with Crippen molar-refractivity contribution in [2.45, 2.75) is 18.5 Å². The summed E-state index contributed by atoms with van der Waals surface area (Å²) in [6.45, 7) is 0. The van der Waals surface area contributed by atoms with Crippen LogP contribution in [0.3, 0.4) is 0 Å². The van der Waals surface area contributed by atoms with Crippen molar-refractivity contribution < 1.29 is 32.1 Å². The molecule has 1 unspecified atom stereocenters. The highest BCUT2D eigenvalue weighted by atomic mass is 19.3. The summed E-state index contributed by atoms with van der Waals surface area (Å²) < 4.78 is 60.1. The van der Waals surface area contributed by atoms with E-state index in [1.54, 1.807) is 0 Å². The lowest BCUT2D eigenvalue weighted by molar-refractivity contribution is -0.194. The van der Waals surface area contributed by atoms with Crippen molar-refractivity contribution in [3.63, 3.8) is 0 Å². The van der Waals surface area contributed by atoms with Crippen molar-refractivity contribution in [1.29, 1.82) is 0 Å². The highest BCUT2D eigenvalue weighted by Gasteiger charge is 2.49. The fourth-order valence-corrected chi connectivity index (χ4v) is 1.38. The van der Waals surface area contributed by atoms with Gasteiger partial charge in [-0.2, -0.15) is 8.78 Å². The Labute approximate surface area is 101 Å². The molecule has 1 N–H and O–H groups in total. The summed E-state index contributed by atoms with van der Waals surface area (Å²) in [7, 11) is 2.46. The van der Waals surface area contributed by atoms with Crippen LogP contribution in [-0.2, 0) is 0 Å². The van der Waals surface area contributed by atoms with Gasteiger partial charge in [0.15, 0.2) is 6.10 Å².